The molecule has 1 unspecified atom stereocenters. The molecule has 2 aromatic rings. The van der Waals surface area contributed by atoms with Crippen LogP contribution in [0.5, 0.6) is 5.75 Å². The Labute approximate surface area is 135 Å². The van der Waals surface area contributed by atoms with Crippen LogP contribution in [0.1, 0.15) is 19.3 Å². The number of esters is 1. The highest BCUT2D eigenvalue weighted by Gasteiger charge is 2.30. The zero-order valence-electron chi connectivity index (χ0n) is 13.2. The molecule has 1 aromatic heterocycles. The maximum Gasteiger partial charge on any atom is 0.363 e. The number of nitrogens with two attached hydrogens (primary N) is 1. The van der Waals surface area contributed by atoms with Crippen LogP contribution < -0.4 is 10.5 Å². The number of ether oxygens (including phenoxy) is 2. The van der Waals surface area contributed by atoms with Crippen molar-refractivity contribution >= 4 is 22.6 Å². The molecule has 1 fully saturated rings. The molecule has 1 atom stereocenters. The van der Waals surface area contributed by atoms with Gasteiger partial charge in [-0.1, -0.05) is 6.42 Å². The third-order valence-corrected chi connectivity index (χ3v) is 4.14. The molecular formula is C17H21N3O3. The second-order valence-corrected chi connectivity index (χ2v) is 5.67. The summed E-state index contributed by atoms with van der Waals surface area (Å²) in [6, 6.07) is 7.40. The van der Waals surface area contributed by atoms with Gasteiger partial charge in [0.15, 0.2) is 0 Å². The predicted octanol–water partition coefficient (Wildman–Crippen LogP) is 2.18. The molecule has 3 rings (SSSR count). The van der Waals surface area contributed by atoms with E-state index in [9.17, 15) is 4.79 Å². The first-order chi connectivity index (χ1) is 11.2. The average molecular weight is 315 g/mol. The number of carbonyl (C=O) groups excluding carboxylic acids is 1. The molecule has 6 nitrogen and oxygen atoms in total. The molecule has 0 amide bonds. The fourth-order valence-corrected chi connectivity index (χ4v) is 2.91. The number of piperidine rings is 1. The number of hydrogen-bond acceptors (Lipinski definition) is 6. The van der Waals surface area contributed by atoms with Crippen molar-refractivity contribution in [1.29, 1.82) is 0 Å². The van der Waals surface area contributed by atoms with E-state index < -0.39 is 6.23 Å². The number of anilines is 1. The number of benzene rings is 1. The lowest BCUT2D eigenvalue weighted by atomic mass is 10.1. The molecule has 0 radical (unpaired) electrons. The summed E-state index contributed by atoms with van der Waals surface area (Å²) in [6.45, 7) is 1.68. The van der Waals surface area contributed by atoms with Crippen molar-refractivity contribution in [2.24, 2.45) is 0 Å². The van der Waals surface area contributed by atoms with E-state index in [2.05, 4.69) is 4.98 Å². The van der Waals surface area contributed by atoms with Crippen LogP contribution >= 0.6 is 0 Å². The molecule has 122 valence electrons. The molecule has 2 N–H and O–H groups in total. The lowest BCUT2D eigenvalue weighted by Gasteiger charge is -2.32. The molecule has 6 heteroatoms. The Balaban J connectivity index is 1.85. The smallest absolute Gasteiger partial charge is 0.363 e. The normalized spacial score (nSPS) is 16.9. The number of hydrogen-bond donors (Lipinski definition) is 1. The van der Waals surface area contributed by atoms with Crippen molar-refractivity contribution in [2.45, 2.75) is 25.5 Å². The van der Waals surface area contributed by atoms with E-state index in [1.807, 2.05) is 23.1 Å². The van der Waals surface area contributed by atoms with Gasteiger partial charge >= 0.3 is 5.97 Å². The summed E-state index contributed by atoms with van der Waals surface area (Å²) in [5.74, 6) is 0.722. The van der Waals surface area contributed by atoms with Gasteiger partial charge in [-0.05, 0) is 42.5 Å². The number of nitrogens with zero attached hydrogens (tertiary/aromatic N) is 2. The summed E-state index contributed by atoms with van der Waals surface area (Å²) in [5, 5.41) is 1.80. The van der Waals surface area contributed by atoms with Crippen LogP contribution in [0.2, 0.25) is 0 Å². The van der Waals surface area contributed by atoms with Gasteiger partial charge in [0.1, 0.15) is 11.6 Å². The second-order valence-electron chi connectivity index (χ2n) is 5.67. The van der Waals surface area contributed by atoms with Gasteiger partial charge in [-0.25, -0.2) is 9.78 Å². The van der Waals surface area contributed by atoms with Crippen LogP contribution in [0.15, 0.2) is 30.5 Å². The number of carbonyl (C=O) groups is 1. The Hall–Kier alpha value is -2.34. The molecule has 1 aromatic carbocycles. The Morgan fingerprint density at radius 2 is 2.04 bits per heavy atom. The monoisotopic (exact) mass is 315 g/mol. The third kappa shape index (κ3) is 3.37. The van der Waals surface area contributed by atoms with Crippen molar-refractivity contribution in [1.82, 2.24) is 9.88 Å². The molecule has 2 heterocycles. The van der Waals surface area contributed by atoms with Crippen molar-refractivity contribution in [3.8, 4) is 5.75 Å². The highest BCUT2D eigenvalue weighted by molar-refractivity contribution is 5.91. The molecule has 0 spiro atoms. The standard InChI is InChI=1S/C17H21N3O3/c1-22-17(21)16(20-9-3-2-4-10-20)23-13-5-6-14-12(11-13)7-8-19-15(14)18/h5-8,11,16H,2-4,9-10H2,1H3,(H2,18,19). The van der Waals surface area contributed by atoms with Gasteiger partial charge in [0.25, 0.3) is 6.23 Å². The summed E-state index contributed by atoms with van der Waals surface area (Å²) in [6.07, 6.45) is 4.27. The maximum atomic E-state index is 12.1. The van der Waals surface area contributed by atoms with Crippen LogP contribution in [0.4, 0.5) is 5.82 Å². The van der Waals surface area contributed by atoms with Crippen LogP contribution in [0, 0.1) is 0 Å². The van der Waals surface area contributed by atoms with Crippen LogP contribution in [-0.4, -0.2) is 42.3 Å². The number of methoxy groups -OCH3 is 1. The van der Waals surface area contributed by atoms with Crippen molar-refractivity contribution in [3.63, 3.8) is 0 Å². The molecule has 0 bridgehead atoms. The predicted molar refractivity (Wildman–Crippen MR) is 88.0 cm³/mol. The van der Waals surface area contributed by atoms with E-state index in [0.717, 1.165) is 36.7 Å². The largest absolute Gasteiger partial charge is 0.465 e. The van der Waals surface area contributed by atoms with E-state index >= 15 is 0 Å². The first-order valence-electron chi connectivity index (χ1n) is 7.82. The number of nitrogen functional groups attached to an aromatic ring is 1. The van der Waals surface area contributed by atoms with E-state index in [4.69, 9.17) is 15.2 Å². The summed E-state index contributed by atoms with van der Waals surface area (Å²) in [4.78, 5) is 18.2. The Kier molecular flexibility index (Phi) is 4.62. The number of likely N-dealkylation sites (tertiary alicyclic amines) is 1. The van der Waals surface area contributed by atoms with Crippen molar-refractivity contribution in [2.75, 3.05) is 25.9 Å². The Morgan fingerprint density at radius 3 is 2.78 bits per heavy atom. The molecule has 0 aliphatic carbocycles. The minimum Gasteiger partial charge on any atom is -0.465 e. The fourth-order valence-electron chi connectivity index (χ4n) is 2.91. The van der Waals surface area contributed by atoms with Gasteiger partial charge in [-0.15, -0.1) is 0 Å². The highest BCUT2D eigenvalue weighted by Crippen LogP contribution is 2.25. The van der Waals surface area contributed by atoms with Gasteiger partial charge in [0.05, 0.1) is 7.11 Å². The summed E-state index contributed by atoms with van der Waals surface area (Å²) in [5.41, 5.74) is 5.86. The lowest BCUT2D eigenvalue weighted by Crippen LogP contribution is -2.48. The first kappa shape index (κ1) is 15.6. The van der Waals surface area contributed by atoms with Crippen LogP contribution in [0.3, 0.4) is 0 Å². The van der Waals surface area contributed by atoms with Gasteiger partial charge in [0, 0.05) is 24.7 Å². The van der Waals surface area contributed by atoms with Crippen LogP contribution in [0.25, 0.3) is 10.8 Å². The zero-order valence-corrected chi connectivity index (χ0v) is 13.2. The molecule has 1 aliphatic heterocycles. The number of rotatable bonds is 4. The SMILES string of the molecule is COC(=O)C(Oc1ccc2c(N)nccc2c1)N1CCCCC1. The van der Waals surface area contributed by atoms with Gasteiger partial charge < -0.3 is 15.2 Å². The molecule has 0 saturated carbocycles. The van der Waals surface area contributed by atoms with E-state index in [1.54, 1.807) is 12.3 Å². The minimum atomic E-state index is -0.711. The minimum absolute atomic E-state index is 0.374. The van der Waals surface area contributed by atoms with Crippen LogP contribution in [-0.2, 0) is 9.53 Å². The highest BCUT2D eigenvalue weighted by atomic mass is 16.6. The van der Waals surface area contributed by atoms with E-state index in [0.29, 0.717) is 11.6 Å². The topological polar surface area (TPSA) is 77.7 Å². The maximum absolute atomic E-state index is 12.1. The lowest BCUT2D eigenvalue weighted by molar-refractivity contribution is -0.159. The fraction of sp³-hybridized carbons (Fsp3) is 0.412. The first-order valence-corrected chi connectivity index (χ1v) is 7.82. The molecule has 23 heavy (non-hydrogen) atoms. The third-order valence-electron chi connectivity index (χ3n) is 4.14. The Bertz CT molecular complexity index is 699. The Morgan fingerprint density at radius 1 is 1.26 bits per heavy atom. The zero-order chi connectivity index (χ0) is 16.2. The number of aromatic nitrogens is 1. The van der Waals surface area contributed by atoms with Gasteiger partial charge in [0.2, 0.25) is 0 Å². The average Bonchev–Trinajstić information content (AvgIpc) is 2.60. The van der Waals surface area contributed by atoms with Crippen molar-refractivity contribution in [3.05, 3.63) is 30.5 Å². The molecular weight excluding hydrogens is 294 g/mol. The van der Waals surface area contributed by atoms with Crippen molar-refractivity contribution < 1.29 is 14.3 Å². The second kappa shape index (κ2) is 6.83. The van der Waals surface area contributed by atoms with Gasteiger partial charge in [-0.2, -0.15) is 0 Å². The van der Waals surface area contributed by atoms with E-state index in [1.165, 1.54) is 13.5 Å². The summed E-state index contributed by atoms with van der Waals surface area (Å²) >= 11 is 0. The number of fused-ring (bicyclic) bond motifs is 1. The van der Waals surface area contributed by atoms with Gasteiger partial charge in [-0.3, -0.25) is 4.90 Å². The quantitative estimate of drug-likeness (QED) is 0.871. The molecule has 1 saturated heterocycles. The molecule has 1 aliphatic rings. The van der Waals surface area contributed by atoms with E-state index in [-0.39, 0.29) is 5.97 Å². The summed E-state index contributed by atoms with van der Waals surface area (Å²) < 4.78 is 10.9. The summed E-state index contributed by atoms with van der Waals surface area (Å²) in [7, 11) is 1.38. The number of pyridine rings is 1.